The standard InChI is InChI=1S/C17H22ClN3O2/c1-12-13(11-20-21-12)6-5-9-19-16(22)17(2,3)23-15-8-4-7-14(18)10-15/h4,7-8,10-11H,5-6,9H2,1-3H3,(H,19,22)(H,20,21). The molecular weight excluding hydrogens is 314 g/mol. The maximum atomic E-state index is 12.3. The van der Waals surface area contributed by atoms with Crippen molar-refractivity contribution in [2.24, 2.45) is 0 Å². The number of ether oxygens (including phenoxy) is 1. The average molecular weight is 336 g/mol. The number of benzene rings is 1. The van der Waals surface area contributed by atoms with Crippen molar-refractivity contribution >= 4 is 17.5 Å². The highest BCUT2D eigenvalue weighted by Crippen LogP contribution is 2.22. The van der Waals surface area contributed by atoms with Gasteiger partial charge >= 0.3 is 0 Å². The van der Waals surface area contributed by atoms with Gasteiger partial charge in [0.15, 0.2) is 5.60 Å². The van der Waals surface area contributed by atoms with Gasteiger partial charge in [0.2, 0.25) is 0 Å². The summed E-state index contributed by atoms with van der Waals surface area (Å²) in [5, 5.41) is 10.4. The van der Waals surface area contributed by atoms with Crippen LogP contribution in [0.2, 0.25) is 5.02 Å². The Bertz CT molecular complexity index is 667. The molecule has 2 N–H and O–H groups in total. The van der Waals surface area contributed by atoms with E-state index in [1.54, 1.807) is 38.1 Å². The van der Waals surface area contributed by atoms with Crippen LogP contribution in [0, 0.1) is 6.92 Å². The molecule has 1 aromatic heterocycles. The zero-order valence-electron chi connectivity index (χ0n) is 13.6. The Morgan fingerprint density at radius 1 is 1.43 bits per heavy atom. The van der Waals surface area contributed by atoms with Crippen LogP contribution in [0.4, 0.5) is 0 Å². The van der Waals surface area contributed by atoms with Gasteiger partial charge in [-0.1, -0.05) is 17.7 Å². The maximum Gasteiger partial charge on any atom is 0.263 e. The van der Waals surface area contributed by atoms with Gasteiger partial charge in [-0.15, -0.1) is 0 Å². The third kappa shape index (κ3) is 4.99. The molecule has 0 spiro atoms. The molecule has 23 heavy (non-hydrogen) atoms. The van der Waals surface area contributed by atoms with Crippen molar-refractivity contribution in [3.05, 3.63) is 46.7 Å². The molecule has 6 heteroatoms. The second kappa shape index (κ2) is 7.51. The minimum atomic E-state index is -0.962. The molecule has 0 aliphatic carbocycles. The SMILES string of the molecule is Cc1[nH]ncc1CCCNC(=O)C(C)(C)Oc1cccc(Cl)c1. The molecule has 0 radical (unpaired) electrons. The normalized spacial score (nSPS) is 11.3. The van der Waals surface area contributed by atoms with E-state index in [-0.39, 0.29) is 5.91 Å². The van der Waals surface area contributed by atoms with Crippen molar-refractivity contribution in [2.45, 2.75) is 39.2 Å². The molecule has 0 aliphatic heterocycles. The lowest BCUT2D eigenvalue weighted by atomic mass is 10.1. The predicted molar refractivity (Wildman–Crippen MR) is 90.8 cm³/mol. The summed E-state index contributed by atoms with van der Waals surface area (Å²) in [6.07, 6.45) is 3.54. The lowest BCUT2D eigenvalue weighted by Gasteiger charge is -2.25. The second-order valence-corrected chi connectivity index (χ2v) is 6.39. The van der Waals surface area contributed by atoms with Gasteiger partial charge in [0, 0.05) is 17.3 Å². The number of hydrogen-bond donors (Lipinski definition) is 2. The number of hydrogen-bond acceptors (Lipinski definition) is 3. The lowest BCUT2D eigenvalue weighted by molar-refractivity contribution is -0.134. The number of aromatic amines is 1. The molecule has 0 bridgehead atoms. The summed E-state index contributed by atoms with van der Waals surface area (Å²) in [5.74, 6) is 0.424. The molecule has 0 unspecified atom stereocenters. The van der Waals surface area contributed by atoms with Crippen molar-refractivity contribution < 1.29 is 9.53 Å². The van der Waals surface area contributed by atoms with Crippen molar-refractivity contribution in [2.75, 3.05) is 6.54 Å². The van der Waals surface area contributed by atoms with Crippen molar-refractivity contribution in [3.63, 3.8) is 0 Å². The van der Waals surface area contributed by atoms with Crippen LogP contribution in [0.1, 0.15) is 31.5 Å². The van der Waals surface area contributed by atoms with Crippen molar-refractivity contribution in [3.8, 4) is 5.75 Å². The van der Waals surface area contributed by atoms with Crippen LogP contribution >= 0.6 is 11.6 Å². The van der Waals surface area contributed by atoms with E-state index in [1.807, 2.05) is 13.1 Å². The van der Waals surface area contributed by atoms with Gasteiger partial charge in [0.1, 0.15) is 5.75 Å². The number of H-pyrrole nitrogens is 1. The molecule has 124 valence electrons. The monoisotopic (exact) mass is 335 g/mol. The van der Waals surface area contributed by atoms with Gasteiger partial charge in [-0.2, -0.15) is 5.10 Å². The molecule has 0 aliphatic rings. The number of halogens is 1. The van der Waals surface area contributed by atoms with Crippen molar-refractivity contribution in [1.29, 1.82) is 0 Å². The fourth-order valence-corrected chi connectivity index (χ4v) is 2.37. The fraction of sp³-hybridized carbons (Fsp3) is 0.412. The summed E-state index contributed by atoms with van der Waals surface area (Å²) in [5.41, 5.74) is 1.28. The molecule has 0 saturated heterocycles. The summed E-state index contributed by atoms with van der Waals surface area (Å²) in [6, 6.07) is 7.03. The zero-order chi connectivity index (χ0) is 16.9. The number of amides is 1. The van der Waals surface area contributed by atoms with E-state index in [9.17, 15) is 4.79 Å². The van der Waals surface area contributed by atoms with E-state index in [1.165, 1.54) is 5.56 Å². The van der Waals surface area contributed by atoms with Crippen LogP contribution in [0.3, 0.4) is 0 Å². The average Bonchev–Trinajstić information content (AvgIpc) is 2.88. The summed E-state index contributed by atoms with van der Waals surface area (Å²) in [7, 11) is 0. The van der Waals surface area contributed by atoms with Crippen LogP contribution in [-0.2, 0) is 11.2 Å². The molecule has 1 heterocycles. The van der Waals surface area contributed by atoms with E-state index >= 15 is 0 Å². The Kier molecular flexibility index (Phi) is 5.66. The third-order valence-electron chi connectivity index (χ3n) is 3.56. The highest BCUT2D eigenvalue weighted by atomic mass is 35.5. The van der Waals surface area contributed by atoms with Crippen LogP contribution < -0.4 is 10.1 Å². The van der Waals surface area contributed by atoms with E-state index in [2.05, 4.69) is 15.5 Å². The van der Waals surface area contributed by atoms with Gasteiger partial charge in [-0.3, -0.25) is 9.89 Å². The summed E-state index contributed by atoms with van der Waals surface area (Å²) >= 11 is 5.93. The van der Waals surface area contributed by atoms with Crippen LogP contribution in [0.5, 0.6) is 5.75 Å². The number of carbonyl (C=O) groups excluding carboxylic acids is 1. The summed E-state index contributed by atoms with van der Waals surface area (Å²) in [4.78, 5) is 12.3. The van der Waals surface area contributed by atoms with Gasteiger partial charge < -0.3 is 10.1 Å². The van der Waals surface area contributed by atoms with Gasteiger partial charge in [-0.25, -0.2) is 0 Å². The van der Waals surface area contributed by atoms with Crippen LogP contribution in [-0.4, -0.2) is 28.3 Å². The maximum absolute atomic E-state index is 12.3. The van der Waals surface area contributed by atoms with Crippen LogP contribution in [0.25, 0.3) is 0 Å². The predicted octanol–water partition coefficient (Wildman–Crippen LogP) is 3.28. The van der Waals surface area contributed by atoms with E-state index in [4.69, 9.17) is 16.3 Å². The summed E-state index contributed by atoms with van der Waals surface area (Å²) in [6.45, 7) is 6.06. The highest BCUT2D eigenvalue weighted by Gasteiger charge is 2.29. The van der Waals surface area contributed by atoms with Gasteiger partial charge in [0.05, 0.1) is 6.20 Å². The molecule has 1 aromatic carbocycles. The number of aryl methyl sites for hydroxylation is 2. The number of rotatable bonds is 7. The first kappa shape index (κ1) is 17.3. The Labute approximate surface area is 141 Å². The van der Waals surface area contributed by atoms with E-state index in [0.29, 0.717) is 17.3 Å². The Morgan fingerprint density at radius 3 is 2.87 bits per heavy atom. The molecule has 5 nitrogen and oxygen atoms in total. The first-order valence-electron chi connectivity index (χ1n) is 7.60. The summed E-state index contributed by atoms with van der Waals surface area (Å²) < 4.78 is 5.76. The molecule has 2 aromatic rings. The number of nitrogens with one attached hydrogen (secondary N) is 2. The molecule has 0 saturated carbocycles. The topological polar surface area (TPSA) is 67.0 Å². The Morgan fingerprint density at radius 2 is 2.22 bits per heavy atom. The largest absolute Gasteiger partial charge is 0.478 e. The molecule has 0 atom stereocenters. The molecule has 2 rings (SSSR count). The number of nitrogens with zero attached hydrogens (tertiary/aromatic N) is 1. The third-order valence-corrected chi connectivity index (χ3v) is 3.79. The molecule has 0 fully saturated rings. The quantitative estimate of drug-likeness (QED) is 0.763. The molecular formula is C17H22ClN3O2. The smallest absolute Gasteiger partial charge is 0.263 e. The van der Waals surface area contributed by atoms with Gasteiger partial charge in [-0.05, 0) is 57.4 Å². The zero-order valence-corrected chi connectivity index (χ0v) is 14.4. The minimum Gasteiger partial charge on any atom is -0.478 e. The Balaban J connectivity index is 1.80. The minimum absolute atomic E-state index is 0.151. The second-order valence-electron chi connectivity index (χ2n) is 5.95. The van der Waals surface area contributed by atoms with E-state index in [0.717, 1.165) is 18.5 Å². The van der Waals surface area contributed by atoms with Crippen LogP contribution in [0.15, 0.2) is 30.5 Å². The number of carbonyl (C=O) groups is 1. The Hall–Kier alpha value is -2.01. The van der Waals surface area contributed by atoms with Gasteiger partial charge in [0.25, 0.3) is 5.91 Å². The van der Waals surface area contributed by atoms with Crippen molar-refractivity contribution in [1.82, 2.24) is 15.5 Å². The fourth-order valence-electron chi connectivity index (χ4n) is 2.19. The first-order valence-corrected chi connectivity index (χ1v) is 7.98. The molecule has 1 amide bonds. The van der Waals surface area contributed by atoms with E-state index < -0.39 is 5.60 Å². The lowest BCUT2D eigenvalue weighted by Crippen LogP contribution is -2.46. The first-order chi connectivity index (χ1) is 10.9. The highest BCUT2D eigenvalue weighted by molar-refractivity contribution is 6.30. The number of aromatic nitrogens is 2.